The summed E-state index contributed by atoms with van der Waals surface area (Å²) in [6.07, 6.45) is 3.09. The molecule has 1 amide bonds. The molecule has 16 heavy (non-hydrogen) atoms. The van der Waals surface area contributed by atoms with Crippen molar-refractivity contribution in [2.75, 3.05) is 7.05 Å². The van der Waals surface area contributed by atoms with Gasteiger partial charge >= 0.3 is 5.97 Å². The number of piperidine rings is 1. The molecule has 3 atom stereocenters. The van der Waals surface area contributed by atoms with Crippen LogP contribution < -0.4 is 5.32 Å². The Balaban J connectivity index is 2.26. The van der Waals surface area contributed by atoms with Gasteiger partial charge in [-0.1, -0.05) is 0 Å². The number of amides is 1. The van der Waals surface area contributed by atoms with E-state index in [1.54, 1.807) is 11.9 Å². The van der Waals surface area contributed by atoms with Crippen LogP contribution in [0.5, 0.6) is 0 Å². The minimum atomic E-state index is -0.879. The summed E-state index contributed by atoms with van der Waals surface area (Å²) in [6.45, 7) is 1.85. The predicted molar refractivity (Wildman–Crippen MR) is 58.0 cm³/mol. The fourth-order valence-electron chi connectivity index (χ4n) is 2.80. The Labute approximate surface area is 94.8 Å². The van der Waals surface area contributed by atoms with Gasteiger partial charge in [0.15, 0.2) is 0 Å². The van der Waals surface area contributed by atoms with Gasteiger partial charge in [-0.15, -0.1) is 0 Å². The van der Waals surface area contributed by atoms with Crippen LogP contribution in [-0.2, 0) is 9.59 Å². The van der Waals surface area contributed by atoms with E-state index < -0.39 is 17.6 Å². The highest BCUT2D eigenvalue weighted by Gasteiger charge is 2.50. The second-order valence-electron chi connectivity index (χ2n) is 4.92. The summed E-state index contributed by atoms with van der Waals surface area (Å²) in [4.78, 5) is 24.9. The summed E-state index contributed by atoms with van der Waals surface area (Å²) >= 11 is 0. The van der Waals surface area contributed by atoms with E-state index in [0.29, 0.717) is 6.42 Å². The topological polar surface area (TPSA) is 69.6 Å². The van der Waals surface area contributed by atoms with Crippen LogP contribution in [0.1, 0.15) is 32.6 Å². The molecule has 2 aliphatic rings. The molecule has 0 aromatic heterocycles. The van der Waals surface area contributed by atoms with Crippen molar-refractivity contribution < 1.29 is 14.7 Å². The highest BCUT2D eigenvalue weighted by molar-refractivity contribution is 5.91. The molecule has 0 saturated carbocycles. The van der Waals surface area contributed by atoms with Crippen LogP contribution in [0.25, 0.3) is 0 Å². The molecule has 5 nitrogen and oxygen atoms in total. The molecule has 0 aliphatic carbocycles. The lowest BCUT2D eigenvalue weighted by Gasteiger charge is -2.42. The molecule has 2 heterocycles. The average Bonchev–Trinajstić information content (AvgIpc) is 2.68. The van der Waals surface area contributed by atoms with Crippen molar-refractivity contribution in [3.63, 3.8) is 0 Å². The van der Waals surface area contributed by atoms with Crippen molar-refractivity contribution in [1.82, 2.24) is 10.2 Å². The number of hydrogen-bond donors (Lipinski definition) is 2. The van der Waals surface area contributed by atoms with Gasteiger partial charge in [-0.05, 0) is 39.7 Å². The predicted octanol–water partition coefficient (Wildman–Crippen LogP) is 0.203. The van der Waals surface area contributed by atoms with Crippen LogP contribution in [0.4, 0.5) is 0 Å². The summed E-state index contributed by atoms with van der Waals surface area (Å²) in [5, 5.41) is 12.1. The molecule has 5 heteroatoms. The number of fused-ring (bicyclic) bond motifs is 1. The molecule has 90 valence electrons. The Bertz CT molecular complexity index is 331. The van der Waals surface area contributed by atoms with Crippen molar-refractivity contribution in [1.29, 1.82) is 0 Å². The molecular weight excluding hydrogens is 208 g/mol. The zero-order chi connectivity index (χ0) is 11.9. The first kappa shape index (κ1) is 11.4. The highest BCUT2D eigenvalue weighted by atomic mass is 16.4. The summed E-state index contributed by atoms with van der Waals surface area (Å²) in [7, 11) is 1.75. The van der Waals surface area contributed by atoms with E-state index in [2.05, 4.69) is 5.32 Å². The number of carboxylic acid groups (broad SMARTS) is 1. The van der Waals surface area contributed by atoms with Gasteiger partial charge in [-0.25, -0.2) is 4.79 Å². The molecule has 0 aromatic carbocycles. The van der Waals surface area contributed by atoms with E-state index in [0.717, 1.165) is 19.3 Å². The zero-order valence-corrected chi connectivity index (χ0v) is 9.69. The van der Waals surface area contributed by atoms with Gasteiger partial charge in [0.25, 0.3) is 0 Å². The van der Waals surface area contributed by atoms with Crippen molar-refractivity contribution >= 4 is 11.9 Å². The Kier molecular flexibility index (Phi) is 2.66. The van der Waals surface area contributed by atoms with Gasteiger partial charge in [-0.2, -0.15) is 0 Å². The number of carboxylic acids is 1. The van der Waals surface area contributed by atoms with Crippen molar-refractivity contribution in [2.24, 2.45) is 0 Å². The van der Waals surface area contributed by atoms with Gasteiger partial charge < -0.3 is 15.3 Å². The lowest BCUT2D eigenvalue weighted by molar-refractivity contribution is -0.155. The van der Waals surface area contributed by atoms with Crippen LogP contribution in [-0.4, -0.2) is 46.6 Å². The summed E-state index contributed by atoms with van der Waals surface area (Å²) in [5.74, 6) is -0.938. The van der Waals surface area contributed by atoms with E-state index in [1.165, 1.54) is 0 Å². The molecule has 0 spiro atoms. The average molecular weight is 226 g/mol. The number of nitrogens with one attached hydrogen (secondary N) is 1. The van der Waals surface area contributed by atoms with Gasteiger partial charge in [0.2, 0.25) is 5.91 Å². The quantitative estimate of drug-likeness (QED) is 0.706. The van der Waals surface area contributed by atoms with Gasteiger partial charge in [0, 0.05) is 6.04 Å². The fraction of sp³-hybridized carbons (Fsp3) is 0.818. The standard InChI is InChI=1S/C11H18N2O3/c1-11(12-2)6-5-7-3-4-8(9(14)15)13(7)10(11)16/h7-8,12H,3-6H2,1-2H3,(H,14,15). The molecule has 2 rings (SSSR count). The lowest BCUT2D eigenvalue weighted by atomic mass is 9.86. The summed E-state index contributed by atoms with van der Waals surface area (Å²) < 4.78 is 0. The Morgan fingerprint density at radius 3 is 2.75 bits per heavy atom. The van der Waals surface area contributed by atoms with Crippen LogP contribution >= 0.6 is 0 Å². The number of hydrogen-bond acceptors (Lipinski definition) is 3. The lowest BCUT2D eigenvalue weighted by Crippen LogP contribution is -2.62. The molecular formula is C11H18N2O3. The van der Waals surface area contributed by atoms with Crippen molar-refractivity contribution in [3.8, 4) is 0 Å². The Hall–Kier alpha value is -1.10. The molecule has 2 N–H and O–H groups in total. The molecule has 3 unspecified atom stereocenters. The van der Waals surface area contributed by atoms with E-state index in [9.17, 15) is 9.59 Å². The summed E-state index contributed by atoms with van der Waals surface area (Å²) in [5.41, 5.74) is -0.589. The first-order chi connectivity index (χ1) is 7.49. The number of aliphatic carboxylic acids is 1. The molecule has 0 aromatic rings. The SMILES string of the molecule is CNC1(C)CCC2CCC(C(=O)O)N2C1=O. The van der Waals surface area contributed by atoms with Crippen LogP contribution in [0.2, 0.25) is 0 Å². The van der Waals surface area contributed by atoms with Crippen LogP contribution in [0.3, 0.4) is 0 Å². The van der Waals surface area contributed by atoms with Crippen molar-refractivity contribution in [2.45, 2.75) is 50.2 Å². The normalized spacial score (nSPS) is 38.6. The maximum absolute atomic E-state index is 12.3. The second kappa shape index (κ2) is 3.73. The minimum absolute atomic E-state index is 0.0591. The Morgan fingerprint density at radius 2 is 2.19 bits per heavy atom. The largest absolute Gasteiger partial charge is 0.480 e. The number of rotatable bonds is 2. The smallest absolute Gasteiger partial charge is 0.326 e. The molecule has 2 aliphatic heterocycles. The minimum Gasteiger partial charge on any atom is -0.480 e. The highest BCUT2D eigenvalue weighted by Crippen LogP contribution is 2.36. The van der Waals surface area contributed by atoms with Crippen molar-refractivity contribution in [3.05, 3.63) is 0 Å². The molecule has 0 bridgehead atoms. The second-order valence-corrected chi connectivity index (χ2v) is 4.92. The van der Waals surface area contributed by atoms with Gasteiger partial charge in [0.1, 0.15) is 6.04 Å². The van der Waals surface area contributed by atoms with E-state index in [1.807, 2.05) is 6.92 Å². The third kappa shape index (κ3) is 1.50. The van der Waals surface area contributed by atoms with Crippen LogP contribution in [0, 0.1) is 0 Å². The first-order valence-corrected chi connectivity index (χ1v) is 5.74. The monoisotopic (exact) mass is 226 g/mol. The first-order valence-electron chi connectivity index (χ1n) is 5.74. The van der Waals surface area contributed by atoms with Gasteiger partial charge in [-0.3, -0.25) is 4.79 Å². The van der Waals surface area contributed by atoms with E-state index in [4.69, 9.17) is 5.11 Å². The molecule has 2 fully saturated rings. The number of nitrogens with zero attached hydrogens (tertiary/aromatic N) is 1. The van der Waals surface area contributed by atoms with Crippen LogP contribution in [0.15, 0.2) is 0 Å². The maximum atomic E-state index is 12.3. The van der Waals surface area contributed by atoms with E-state index >= 15 is 0 Å². The summed E-state index contributed by atoms with van der Waals surface area (Å²) in [6, 6.07) is -0.486. The maximum Gasteiger partial charge on any atom is 0.326 e. The third-order valence-corrected chi connectivity index (χ3v) is 4.02. The third-order valence-electron chi connectivity index (χ3n) is 4.02. The van der Waals surface area contributed by atoms with E-state index in [-0.39, 0.29) is 11.9 Å². The zero-order valence-electron chi connectivity index (χ0n) is 9.69. The number of carbonyl (C=O) groups excluding carboxylic acids is 1. The molecule has 2 saturated heterocycles. The number of carbonyl (C=O) groups is 2. The fourth-order valence-corrected chi connectivity index (χ4v) is 2.80. The Morgan fingerprint density at radius 1 is 1.50 bits per heavy atom. The molecule has 0 radical (unpaired) electrons. The number of likely N-dealkylation sites (N-methyl/N-ethyl adjacent to an activating group) is 1. The van der Waals surface area contributed by atoms with Gasteiger partial charge in [0.05, 0.1) is 5.54 Å².